The molecule has 17 heavy (non-hydrogen) atoms. The summed E-state index contributed by atoms with van der Waals surface area (Å²) in [5, 5.41) is 1.12. The van der Waals surface area contributed by atoms with Crippen LogP contribution in [0.1, 0.15) is 40.5 Å². The van der Waals surface area contributed by atoms with Gasteiger partial charge in [-0.25, -0.2) is 0 Å². The molecule has 0 spiro atoms. The van der Waals surface area contributed by atoms with Crippen LogP contribution in [0.2, 0.25) is 0 Å². The maximum absolute atomic E-state index is 3.72. The largest absolute Gasteiger partial charge is 0.300 e. The fourth-order valence-corrected chi connectivity index (χ4v) is 3.63. The second kappa shape index (κ2) is 6.03. The molecule has 0 bridgehead atoms. The van der Waals surface area contributed by atoms with Gasteiger partial charge in [0, 0.05) is 37.0 Å². The highest BCUT2D eigenvalue weighted by atomic mass is 79.9. The zero-order valence-electron chi connectivity index (χ0n) is 12.2. The Hall–Kier alpha value is 0.400. The molecule has 0 aromatic heterocycles. The summed E-state index contributed by atoms with van der Waals surface area (Å²) in [6.07, 6.45) is 2.53. The number of rotatable bonds is 5. The summed E-state index contributed by atoms with van der Waals surface area (Å²) in [5.74, 6) is 0. The van der Waals surface area contributed by atoms with Gasteiger partial charge in [0.2, 0.25) is 0 Å². The molecule has 0 atom stereocenters. The highest BCUT2D eigenvalue weighted by Gasteiger charge is 2.35. The Morgan fingerprint density at radius 1 is 1.18 bits per heavy atom. The minimum Gasteiger partial charge on any atom is -0.300 e. The summed E-state index contributed by atoms with van der Waals surface area (Å²) in [6.45, 7) is 14.2. The molecule has 0 aliphatic carbocycles. The smallest absolute Gasteiger partial charge is 0.0277 e. The molecule has 102 valence electrons. The number of nitrogens with zero attached hydrogens (tertiary/aromatic N) is 2. The third-order valence-corrected chi connectivity index (χ3v) is 5.93. The Morgan fingerprint density at radius 3 is 2.18 bits per heavy atom. The van der Waals surface area contributed by atoms with Crippen molar-refractivity contribution in [1.29, 1.82) is 0 Å². The van der Waals surface area contributed by atoms with E-state index in [9.17, 15) is 0 Å². The molecule has 0 N–H and O–H groups in total. The number of piperazine rings is 1. The zero-order valence-corrected chi connectivity index (χ0v) is 13.8. The third-order valence-electron chi connectivity index (χ3n) is 4.74. The van der Waals surface area contributed by atoms with Gasteiger partial charge >= 0.3 is 0 Å². The van der Waals surface area contributed by atoms with E-state index in [-0.39, 0.29) is 0 Å². The van der Waals surface area contributed by atoms with Crippen molar-refractivity contribution in [3.8, 4) is 0 Å². The van der Waals surface area contributed by atoms with Crippen LogP contribution in [0, 0.1) is 5.41 Å². The van der Waals surface area contributed by atoms with Gasteiger partial charge in [0.25, 0.3) is 0 Å². The van der Waals surface area contributed by atoms with Crippen molar-refractivity contribution in [3.05, 3.63) is 0 Å². The fraction of sp³-hybridized carbons (Fsp3) is 1.00. The maximum Gasteiger partial charge on any atom is 0.0277 e. The zero-order chi connectivity index (χ0) is 13.1. The van der Waals surface area contributed by atoms with Gasteiger partial charge in [-0.15, -0.1) is 0 Å². The average molecular weight is 305 g/mol. The highest BCUT2D eigenvalue weighted by Crippen LogP contribution is 2.31. The predicted molar refractivity (Wildman–Crippen MR) is 80.0 cm³/mol. The molecule has 0 aromatic carbocycles. The molecular formula is C14H29BrN2. The summed E-state index contributed by atoms with van der Waals surface area (Å²) >= 11 is 3.72. The van der Waals surface area contributed by atoms with Crippen molar-refractivity contribution < 1.29 is 0 Å². The quantitative estimate of drug-likeness (QED) is 0.720. The normalized spacial score (nSPS) is 22.9. The molecule has 3 heteroatoms. The van der Waals surface area contributed by atoms with Crippen LogP contribution in [-0.4, -0.2) is 53.9 Å². The van der Waals surface area contributed by atoms with E-state index in [2.05, 4.69) is 60.5 Å². The van der Waals surface area contributed by atoms with Gasteiger partial charge in [-0.2, -0.15) is 0 Å². The molecule has 1 aliphatic heterocycles. The first-order chi connectivity index (χ1) is 7.89. The van der Waals surface area contributed by atoms with E-state index in [1.54, 1.807) is 0 Å². The summed E-state index contributed by atoms with van der Waals surface area (Å²) in [6, 6.07) is 0. The van der Waals surface area contributed by atoms with Gasteiger partial charge in [-0.1, -0.05) is 29.8 Å². The Morgan fingerprint density at radius 2 is 1.76 bits per heavy atom. The molecule has 0 amide bonds. The van der Waals surface area contributed by atoms with Crippen LogP contribution in [0.25, 0.3) is 0 Å². The van der Waals surface area contributed by atoms with Crippen LogP contribution in [0.3, 0.4) is 0 Å². The van der Waals surface area contributed by atoms with Crippen LogP contribution >= 0.6 is 15.9 Å². The van der Waals surface area contributed by atoms with Gasteiger partial charge in [-0.05, 0) is 39.2 Å². The van der Waals surface area contributed by atoms with Crippen LogP contribution in [0.15, 0.2) is 0 Å². The molecule has 1 rings (SSSR count). The van der Waals surface area contributed by atoms with Gasteiger partial charge in [0.1, 0.15) is 0 Å². The second-order valence-corrected chi connectivity index (χ2v) is 6.85. The molecule has 1 aliphatic rings. The summed E-state index contributed by atoms with van der Waals surface area (Å²) < 4.78 is 0. The SMILES string of the molecule is CCC(CC)(CBr)CN1CCN(C)C(C)(C)C1. The second-order valence-electron chi connectivity index (χ2n) is 6.29. The Kier molecular flexibility index (Phi) is 5.48. The van der Waals surface area contributed by atoms with E-state index in [1.807, 2.05) is 0 Å². The van der Waals surface area contributed by atoms with Crippen molar-refractivity contribution >= 4 is 15.9 Å². The number of hydrogen-bond donors (Lipinski definition) is 0. The van der Waals surface area contributed by atoms with Crippen LogP contribution in [0.4, 0.5) is 0 Å². The van der Waals surface area contributed by atoms with E-state index < -0.39 is 0 Å². The molecule has 0 unspecified atom stereocenters. The molecule has 1 saturated heterocycles. The standard InChI is InChI=1S/C14H29BrN2/c1-6-14(7-2,10-15)12-17-9-8-16(5)13(3,4)11-17/h6-12H2,1-5H3. The molecule has 1 fully saturated rings. The summed E-state index contributed by atoms with van der Waals surface area (Å²) in [7, 11) is 2.24. The molecule has 0 saturated carbocycles. The lowest BCUT2D eigenvalue weighted by molar-refractivity contribution is 0.0183. The van der Waals surface area contributed by atoms with Crippen LogP contribution in [0.5, 0.6) is 0 Å². The molecule has 0 aromatic rings. The minimum atomic E-state index is 0.317. The van der Waals surface area contributed by atoms with E-state index >= 15 is 0 Å². The first kappa shape index (κ1) is 15.5. The Labute approximate surface area is 116 Å². The topological polar surface area (TPSA) is 6.48 Å². The monoisotopic (exact) mass is 304 g/mol. The highest BCUT2D eigenvalue weighted by molar-refractivity contribution is 9.09. The lowest BCUT2D eigenvalue weighted by Crippen LogP contribution is -2.59. The molecule has 0 radical (unpaired) electrons. The van der Waals surface area contributed by atoms with Crippen molar-refractivity contribution in [2.24, 2.45) is 5.41 Å². The van der Waals surface area contributed by atoms with Crippen molar-refractivity contribution in [2.75, 3.05) is 38.6 Å². The Bertz CT molecular complexity index is 228. The first-order valence-corrected chi connectivity index (χ1v) is 8.01. The summed E-state index contributed by atoms with van der Waals surface area (Å²) in [5.41, 5.74) is 0.782. The minimum absolute atomic E-state index is 0.317. The molecular weight excluding hydrogens is 276 g/mol. The Balaban J connectivity index is 2.63. The van der Waals surface area contributed by atoms with Crippen molar-refractivity contribution in [1.82, 2.24) is 9.80 Å². The van der Waals surface area contributed by atoms with Crippen LogP contribution in [-0.2, 0) is 0 Å². The van der Waals surface area contributed by atoms with Crippen molar-refractivity contribution in [2.45, 2.75) is 46.1 Å². The van der Waals surface area contributed by atoms with Gasteiger partial charge in [0.15, 0.2) is 0 Å². The summed E-state index contributed by atoms with van der Waals surface area (Å²) in [4.78, 5) is 5.14. The number of likely N-dealkylation sites (N-methyl/N-ethyl adjacent to an activating group) is 1. The van der Waals surface area contributed by atoms with Gasteiger partial charge in [-0.3, -0.25) is 9.80 Å². The number of hydrogen-bond acceptors (Lipinski definition) is 2. The van der Waals surface area contributed by atoms with Crippen molar-refractivity contribution in [3.63, 3.8) is 0 Å². The first-order valence-electron chi connectivity index (χ1n) is 6.88. The number of halogens is 1. The van der Waals surface area contributed by atoms with Crippen LogP contribution < -0.4 is 0 Å². The number of alkyl halides is 1. The molecule has 2 nitrogen and oxygen atoms in total. The van der Waals surface area contributed by atoms with E-state index in [0.717, 1.165) is 5.33 Å². The molecule has 1 heterocycles. The fourth-order valence-electron chi connectivity index (χ4n) is 2.66. The van der Waals surface area contributed by atoms with E-state index in [4.69, 9.17) is 0 Å². The van der Waals surface area contributed by atoms with Gasteiger partial charge < -0.3 is 0 Å². The predicted octanol–water partition coefficient (Wildman–Crippen LogP) is 3.21. The lowest BCUT2D eigenvalue weighted by Gasteiger charge is -2.48. The maximum atomic E-state index is 3.72. The average Bonchev–Trinajstić information content (AvgIpc) is 2.31. The lowest BCUT2D eigenvalue weighted by atomic mass is 9.83. The third kappa shape index (κ3) is 3.68. The van der Waals surface area contributed by atoms with Gasteiger partial charge in [0.05, 0.1) is 0 Å². The van der Waals surface area contributed by atoms with E-state index in [1.165, 1.54) is 39.0 Å². The van der Waals surface area contributed by atoms with E-state index in [0.29, 0.717) is 11.0 Å².